The molecule has 0 aliphatic heterocycles. The Kier molecular flexibility index (Phi) is 9.06. The van der Waals surface area contributed by atoms with Gasteiger partial charge in [0, 0.05) is 53.7 Å². The van der Waals surface area contributed by atoms with E-state index in [4.69, 9.17) is 0 Å². The lowest BCUT2D eigenvalue weighted by Crippen LogP contribution is -2.09. The third-order valence-corrected chi connectivity index (χ3v) is 13.5. The fourth-order valence-electron chi connectivity index (χ4n) is 9.34. The highest BCUT2D eigenvalue weighted by molar-refractivity contribution is 7.25. The zero-order valence-electron chi connectivity index (χ0n) is 34.4. The van der Waals surface area contributed by atoms with Gasteiger partial charge in [-0.05, 0) is 129 Å². The number of anilines is 3. The lowest BCUT2D eigenvalue weighted by Gasteiger charge is -2.26. The molecule has 0 amide bonds. The molecule has 0 saturated heterocycles. The van der Waals surface area contributed by atoms with Crippen molar-refractivity contribution in [3.63, 3.8) is 0 Å². The van der Waals surface area contributed by atoms with E-state index in [0.29, 0.717) is 0 Å². The lowest BCUT2D eigenvalue weighted by molar-refractivity contribution is 1.18. The standard InChI is InChI=1S/C60H40N2S/c1-4-16-41(17-5-1)47-35-48(42-18-6-2-7-19-42)38-52(37-47)62-57-28-12-10-26-53(57)54-32-30-46(39-58(54)62)44-21-14-20-43(34-44)45-22-15-25-50(36-45)61(49-23-8-3-9-24-49)51-31-33-60-56(40-51)55-27-11-13-29-59(55)63-60/h1-40H. The minimum absolute atomic E-state index is 1.11. The molecule has 296 valence electrons. The summed E-state index contributed by atoms with van der Waals surface area (Å²) in [6.45, 7) is 0. The predicted octanol–water partition coefficient (Wildman–Crippen LogP) is 17.3. The molecule has 63 heavy (non-hydrogen) atoms. The summed E-state index contributed by atoms with van der Waals surface area (Å²) in [4.78, 5) is 2.38. The first-order chi connectivity index (χ1) is 31.2. The first-order valence-corrected chi connectivity index (χ1v) is 22.3. The number of hydrogen-bond acceptors (Lipinski definition) is 2. The third kappa shape index (κ3) is 6.67. The van der Waals surface area contributed by atoms with Gasteiger partial charge in [0.2, 0.25) is 0 Å². The molecule has 3 heteroatoms. The first-order valence-electron chi connectivity index (χ1n) is 21.5. The average Bonchev–Trinajstić information content (AvgIpc) is 3.90. The highest BCUT2D eigenvalue weighted by Gasteiger charge is 2.18. The maximum absolute atomic E-state index is 2.45. The normalized spacial score (nSPS) is 11.5. The molecular weight excluding hydrogens is 781 g/mol. The zero-order chi connectivity index (χ0) is 41.7. The summed E-state index contributed by atoms with van der Waals surface area (Å²) in [7, 11) is 0. The number of fused-ring (bicyclic) bond motifs is 6. The molecule has 10 aromatic carbocycles. The van der Waals surface area contributed by atoms with Crippen LogP contribution in [0.5, 0.6) is 0 Å². The van der Waals surface area contributed by atoms with Crippen LogP contribution in [-0.2, 0) is 0 Å². The van der Waals surface area contributed by atoms with Crippen LogP contribution >= 0.6 is 11.3 Å². The largest absolute Gasteiger partial charge is 0.310 e. The van der Waals surface area contributed by atoms with Gasteiger partial charge in [-0.1, -0.05) is 158 Å². The quantitative estimate of drug-likeness (QED) is 0.148. The van der Waals surface area contributed by atoms with Gasteiger partial charge in [-0.25, -0.2) is 0 Å². The van der Waals surface area contributed by atoms with Crippen molar-refractivity contribution in [2.24, 2.45) is 0 Å². The van der Waals surface area contributed by atoms with Gasteiger partial charge in [0.25, 0.3) is 0 Å². The summed E-state index contributed by atoms with van der Waals surface area (Å²) in [6, 6.07) is 88.5. The van der Waals surface area contributed by atoms with Crippen molar-refractivity contribution in [2.45, 2.75) is 0 Å². The first kappa shape index (κ1) is 36.8. The third-order valence-electron chi connectivity index (χ3n) is 12.3. The predicted molar refractivity (Wildman–Crippen MR) is 270 cm³/mol. The van der Waals surface area contributed by atoms with Crippen molar-refractivity contribution in [2.75, 3.05) is 4.90 Å². The van der Waals surface area contributed by atoms with Crippen LogP contribution in [0.3, 0.4) is 0 Å². The second-order valence-electron chi connectivity index (χ2n) is 16.2. The van der Waals surface area contributed by atoms with Gasteiger partial charge >= 0.3 is 0 Å². The minimum atomic E-state index is 1.11. The molecule has 0 atom stereocenters. The average molecular weight is 821 g/mol. The van der Waals surface area contributed by atoms with E-state index in [1.165, 1.54) is 86.5 Å². The van der Waals surface area contributed by atoms with E-state index in [2.05, 4.69) is 252 Å². The molecule has 12 aromatic rings. The monoisotopic (exact) mass is 820 g/mol. The zero-order valence-corrected chi connectivity index (χ0v) is 35.2. The fourth-order valence-corrected chi connectivity index (χ4v) is 10.4. The molecule has 2 nitrogen and oxygen atoms in total. The topological polar surface area (TPSA) is 8.17 Å². The lowest BCUT2D eigenvalue weighted by atomic mass is 9.97. The van der Waals surface area contributed by atoms with Crippen LogP contribution in [0, 0.1) is 0 Å². The number of para-hydroxylation sites is 2. The molecule has 12 rings (SSSR count). The summed E-state index contributed by atoms with van der Waals surface area (Å²) in [5.74, 6) is 0. The van der Waals surface area contributed by atoms with Crippen LogP contribution < -0.4 is 4.90 Å². The number of hydrogen-bond donors (Lipinski definition) is 0. The van der Waals surface area contributed by atoms with E-state index in [1.54, 1.807) is 0 Å². The second-order valence-corrected chi connectivity index (χ2v) is 17.2. The number of thiophene rings is 1. The summed E-state index contributed by atoms with van der Waals surface area (Å²) in [6.07, 6.45) is 0. The smallest absolute Gasteiger partial charge is 0.0547 e. The van der Waals surface area contributed by atoms with Crippen LogP contribution in [0.1, 0.15) is 0 Å². The van der Waals surface area contributed by atoms with Crippen LogP contribution in [0.2, 0.25) is 0 Å². The summed E-state index contributed by atoms with van der Waals surface area (Å²) < 4.78 is 5.07. The maximum Gasteiger partial charge on any atom is 0.0547 e. The number of aromatic nitrogens is 1. The molecule has 2 aromatic heterocycles. The van der Waals surface area contributed by atoms with E-state index in [-0.39, 0.29) is 0 Å². The van der Waals surface area contributed by atoms with Crippen LogP contribution in [0.25, 0.3) is 92.2 Å². The molecule has 0 N–H and O–H groups in total. The second kappa shape index (κ2) is 15.5. The molecule has 2 heterocycles. The number of nitrogens with zero attached hydrogens (tertiary/aromatic N) is 2. The Hall–Kier alpha value is -7.98. The van der Waals surface area contributed by atoms with Gasteiger partial charge < -0.3 is 9.47 Å². The molecule has 0 aliphatic rings. The van der Waals surface area contributed by atoms with E-state index >= 15 is 0 Å². The molecule has 0 bridgehead atoms. The number of benzene rings is 10. The van der Waals surface area contributed by atoms with Gasteiger partial charge in [0.1, 0.15) is 0 Å². The maximum atomic E-state index is 2.45. The Morgan fingerprint density at radius 1 is 0.270 bits per heavy atom. The van der Waals surface area contributed by atoms with Gasteiger partial charge in [-0.15, -0.1) is 11.3 Å². The molecule has 0 fully saturated rings. The highest BCUT2D eigenvalue weighted by atomic mass is 32.1. The molecule has 0 radical (unpaired) electrons. The summed E-state index contributed by atoms with van der Waals surface area (Å²) >= 11 is 1.85. The van der Waals surface area contributed by atoms with Gasteiger partial charge in [0.05, 0.1) is 11.0 Å². The van der Waals surface area contributed by atoms with Gasteiger partial charge in [0.15, 0.2) is 0 Å². The van der Waals surface area contributed by atoms with Crippen molar-refractivity contribution in [3.05, 3.63) is 243 Å². The Labute approximate surface area is 370 Å². The highest BCUT2D eigenvalue weighted by Crippen LogP contribution is 2.42. The van der Waals surface area contributed by atoms with Crippen LogP contribution in [-0.4, -0.2) is 4.57 Å². The molecular formula is C60H40N2S. The molecule has 0 unspecified atom stereocenters. The van der Waals surface area contributed by atoms with Crippen molar-refractivity contribution in [1.29, 1.82) is 0 Å². The van der Waals surface area contributed by atoms with E-state index in [9.17, 15) is 0 Å². The van der Waals surface area contributed by atoms with Crippen molar-refractivity contribution in [1.82, 2.24) is 4.57 Å². The van der Waals surface area contributed by atoms with Crippen LogP contribution in [0.4, 0.5) is 17.1 Å². The van der Waals surface area contributed by atoms with E-state index < -0.39 is 0 Å². The van der Waals surface area contributed by atoms with Gasteiger partial charge in [-0.3, -0.25) is 0 Å². The van der Waals surface area contributed by atoms with Crippen molar-refractivity contribution in [3.8, 4) is 50.2 Å². The summed E-state index contributed by atoms with van der Waals surface area (Å²) in [5, 5.41) is 5.06. The Bertz CT molecular complexity index is 3560. The minimum Gasteiger partial charge on any atom is -0.310 e. The molecule has 0 saturated carbocycles. The Morgan fingerprint density at radius 3 is 1.51 bits per heavy atom. The van der Waals surface area contributed by atoms with Crippen molar-refractivity contribution < 1.29 is 0 Å². The molecule has 0 spiro atoms. The SMILES string of the molecule is c1ccc(-c2cc(-c3ccccc3)cc(-n3c4ccccc4c4ccc(-c5cccc(-c6cccc(N(c7ccccc7)c7ccc8sc9ccccc9c8c7)c6)c5)cc43)c2)cc1. The van der Waals surface area contributed by atoms with Crippen LogP contribution in [0.15, 0.2) is 243 Å². The van der Waals surface area contributed by atoms with Gasteiger partial charge in [-0.2, -0.15) is 0 Å². The van der Waals surface area contributed by atoms with E-state index in [1.807, 2.05) is 11.3 Å². The molecule has 0 aliphatic carbocycles. The van der Waals surface area contributed by atoms with Crippen molar-refractivity contribution >= 4 is 70.4 Å². The van der Waals surface area contributed by atoms with E-state index in [0.717, 1.165) is 22.7 Å². The number of rotatable bonds is 8. The Morgan fingerprint density at radius 2 is 0.778 bits per heavy atom. The Balaban J connectivity index is 0.970. The summed E-state index contributed by atoms with van der Waals surface area (Å²) in [5.41, 5.74) is 16.3. The fraction of sp³-hybridized carbons (Fsp3) is 0.